The number of hydrogen-bond donors (Lipinski definition) is 2. The summed E-state index contributed by atoms with van der Waals surface area (Å²) in [7, 11) is 0. The van der Waals surface area contributed by atoms with Gasteiger partial charge in [0.2, 0.25) is 0 Å². The van der Waals surface area contributed by atoms with Crippen molar-refractivity contribution in [1.82, 2.24) is 0 Å². The number of fused-ring (bicyclic) bond motifs is 1. The number of aliphatic hydroxyl groups excluding tert-OH is 2. The van der Waals surface area contributed by atoms with Crippen molar-refractivity contribution < 1.29 is 10.2 Å². The minimum atomic E-state index is -0.135. The zero-order chi connectivity index (χ0) is 12.7. The topological polar surface area (TPSA) is 43.7 Å². The minimum Gasteiger partial charge on any atom is -0.393 e. The molecule has 1 saturated carbocycles. The summed E-state index contributed by atoms with van der Waals surface area (Å²) in [4.78, 5) is 2.31. The number of benzene rings is 1. The van der Waals surface area contributed by atoms with Crippen LogP contribution < -0.4 is 4.90 Å². The van der Waals surface area contributed by atoms with Gasteiger partial charge in [-0.3, -0.25) is 0 Å². The number of hydrogen-bond acceptors (Lipinski definition) is 3. The van der Waals surface area contributed by atoms with Gasteiger partial charge in [0.25, 0.3) is 0 Å². The van der Waals surface area contributed by atoms with Crippen molar-refractivity contribution in [2.45, 2.75) is 25.6 Å². The van der Waals surface area contributed by atoms with E-state index in [1.165, 1.54) is 0 Å². The maximum absolute atomic E-state index is 9.96. The van der Waals surface area contributed by atoms with Crippen LogP contribution in [0.4, 0.5) is 5.69 Å². The molecule has 98 valence electrons. The van der Waals surface area contributed by atoms with E-state index in [-0.39, 0.29) is 12.7 Å². The largest absolute Gasteiger partial charge is 0.393 e. The molecule has 3 unspecified atom stereocenters. The summed E-state index contributed by atoms with van der Waals surface area (Å²) in [6, 6.07) is 5.99. The van der Waals surface area contributed by atoms with E-state index in [4.69, 9.17) is 0 Å². The Balaban J connectivity index is 1.86. The van der Waals surface area contributed by atoms with Crippen molar-refractivity contribution in [2.24, 2.45) is 11.8 Å². The Morgan fingerprint density at radius 3 is 2.83 bits per heavy atom. The van der Waals surface area contributed by atoms with Crippen LogP contribution in [0.5, 0.6) is 0 Å². The van der Waals surface area contributed by atoms with E-state index >= 15 is 0 Å². The molecule has 2 N–H and O–H groups in total. The molecule has 0 radical (unpaired) electrons. The summed E-state index contributed by atoms with van der Waals surface area (Å²) in [6.45, 7) is 1.98. The van der Waals surface area contributed by atoms with E-state index in [9.17, 15) is 10.2 Å². The van der Waals surface area contributed by atoms with Crippen LogP contribution in [-0.2, 0) is 6.61 Å². The lowest BCUT2D eigenvalue weighted by molar-refractivity contribution is 0.133. The molecule has 1 aromatic rings. The van der Waals surface area contributed by atoms with Gasteiger partial charge in [-0.05, 0) is 30.9 Å². The summed E-state index contributed by atoms with van der Waals surface area (Å²) in [5, 5.41) is 19.4. The zero-order valence-electron chi connectivity index (χ0n) is 10.2. The van der Waals surface area contributed by atoms with Crippen LogP contribution in [0.25, 0.3) is 0 Å². The monoisotopic (exact) mass is 311 g/mol. The van der Waals surface area contributed by atoms with Gasteiger partial charge in [0.15, 0.2) is 0 Å². The third kappa shape index (κ3) is 2.06. The highest BCUT2D eigenvalue weighted by atomic mass is 79.9. The lowest BCUT2D eigenvalue weighted by Gasteiger charge is -2.23. The van der Waals surface area contributed by atoms with E-state index in [0.717, 1.165) is 41.7 Å². The quantitative estimate of drug-likeness (QED) is 0.879. The Bertz CT molecular complexity index is 451. The summed E-state index contributed by atoms with van der Waals surface area (Å²) >= 11 is 3.49. The molecule has 3 nitrogen and oxygen atoms in total. The predicted octanol–water partition coefficient (Wildman–Crippen LogP) is 2.15. The minimum absolute atomic E-state index is 0.0665. The number of halogens is 1. The normalized spacial score (nSPS) is 30.8. The molecule has 3 atom stereocenters. The molecule has 1 aromatic carbocycles. The van der Waals surface area contributed by atoms with Crippen LogP contribution in [0.3, 0.4) is 0 Å². The molecule has 4 heteroatoms. The van der Waals surface area contributed by atoms with Crippen molar-refractivity contribution >= 4 is 21.6 Å². The van der Waals surface area contributed by atoms with E-state index < -0.39 is 0 Å². The van der Waals surface area contributed by atoms with Crippen molar-refractivity contribution in [3.05, 3.63) is 28.2 Å². The Labute approximate surface area is 116 Å². The Kier molecular flexibility index (Phi) is 3.34. The molecular formula is C14H18BrNO2. The molecule has 1 aliphatic carbocycles. The zero-order valence-corrected chi connectivity index (χ0v) is 11.8. The SMILES string of the molecule is OCc1ccc(Br)cc1N1CC2CCC(O)C2C1. The average Bonchev–Trinajstić information content (AvgIpc) is 2.92. The van der Waals surface area contributed by atoms with Crippen LogP contribution in [0.15, 0.2) is 22.7 Å². The van der Waals surface area contributed by atoms with Gasteiger partial charge >= 0.3 is 0 Å². The Morgan fingerprint density at radius 2 is 2.11 bits per heavy atom. The fourth-order valence-electron chi connectivity index (χ4n) is 3.40. The van der Waals surface area contributed by atoms with Crippen LogP contribution in [0.1, 0.15) is 18.4 Å². The van der Waals surface area contributed by atoms with Gasteiger partial charge in [0, 0.05) is 34.7 Å². The Morgan fingerprint density at radius 1 is 1.28 bits per heavy atom. The molecule has 1 heterocycles. The Hall–Kier alpha value is -0.580. The van der Waals surface area contributed by atoms with Gasteiger partial charge in [-0.25, -0.2) is 0 Å². The fraction of sp³-hybridized carbons (Fsp3) is 0.571. The van der Waals surface area contributed by atoms with Gasteiger partial charge in [-0.15, -0.1) is 0 Å². The van der Waals surface area contributed by atoms with Crippen molar-refractivity contribution in [2.75, 3.05) is 18.0 Å². The number of aliphatic hydroxyl groups is 2. The van der Waals surface area contributed by atoms with Gasteiger partial charge < -0.3 is 15.1 Å². The van der Waals surface area contributed by atoms with Crippen LogP contribution in [0.2, 0.25) is 0 Å². The lowest BCUT2D eigenvalue weighted by Crippen LogP contribution is -2.25. The molecule has 0 aromatic heterocycles. The molecule has 18 heavy (non-hydrogen) atoms. The number of anilines is 1. The van der Waals surface area contributed by atoms with E-state index in [1.54, 1.807) is 0 Å². The standard InChI is InChI=1S/C14H18BrNO2/c15-11-3-1-10(8-17)13(5-11)16-6-9-2-4-14(18)12(9)7-16/h1,3,5,9,12,14,17-18H,2,4,6-8H2. The number of nitrogens with zero attached hydrogens (tertiary/aromatic N) is 1. The third-order valence-electron chi connectivity index (χ3n) is 4.38. The van der Waals surface area contributed by atoms with E-state index in [2.05, 4.69) is 26.9 Å². The molecule has 1 aliphatic heterocycles. The first-order valence-corrected chi connectivity index (χ1v) is 7.30. The van der Waals surface area contributed by atoms with Crippen molar-refractivity contribution in [1.29, 1.82) is 0 Å². The first-order chi connectivity index (χ1) is 8.69. The van der Waals surface area contributed by atoms with Gasteiger partial charge in [0.1, 0.15) is 0 Å². The maximum atomic E-state index is 9.96. The van der Waals surface area contributed by atoms with Gasteiger partial charge in [-0.2, -0.15) is 0 Å². The summed E-state index contributed by atoms with van der Waals surface area (Å²) in [5.74, 6) is 1.03. The predicted molar refractivity (Wildman–Crippen MR) is 74.5 cm³/mol. The lowest BCUT2D eigenvalue weighted by atomic mass is 10.00. The first-order valence-electron chi connectivity index (χ1n) is 6.51. The highest BCUT2D eigenvalue weighted by Crippen LogP contribution is 2.41. The molecule has 0 spiro atoms. The maximum Gasteiger partial charge on any atom is 0.0702 e. The van der Waals surface area contributed by atoms with Gasteiger partial charge in [-0.1, -0.05) is 22.0 Å². The average molecular weight is 312 g/mol. The van der Waals surface area contributed by atoms with Crippen molar-refractivity contribution in [3.63, 3.8) is 0 Å². The smallest absolute Gasteiger partial charge is 0.0702 e. The highest BCUT2D eigenvalue weighted by molar-refractivity contribution is 9.10. The summed E-state index contributed by atoms with van der Waals surface area (Å²) in [5.41, 5.74) is 2.07. The molecule has 1 saturated heterocycles. The van der Waals surface area contributed by atoms with Crippen LogP contribution >= 0.6 is 15.9 Å². The third-order valence-corrected chi connectivity index (χ3v) is 4.87. The second-order valence-corrected chi connectivity index (χ2v) is 6.32. The summed E-state index contributed by atoms with van der Waals surface area (Å²) < 4.78 is 1.03. The molecule has 3 rings (SSSR count). The molecule has 2 aliphatic rings. The molecular weight excluding hydrogens is 294 g/mol. The number of rotatable bonds is 2. The van der Waals surface area contributed by atoms with Crippen molar-refractivity contribution in [3.8, 4) is 0 Å². The van der Waals surface area contributed by atoms with E-state index in [1.807, 2.05) is 12.1 Å². The van der Waals surface area contributed by atoms with E-state index in [0.29, 0.717) is 11.8 Å². The molecule has 0 bridgehead atoms. The van der Waals surface area contributed by atoms with Crippen LogP contribution in [0, 0.1) is 11.8 Å². The highest BCUT2D eigenvalue weighted by Gasteiger charge is 2.42. The second kappa shape index (κ2) is 4.83. The molecule has 2 fully saturated rings. The first kappa shape index (κ1) is 12.5. The summed E-state index contributed by atoms with van der Waals surface area (Å²) in [6.07, 6.45) is 1.95. The second-order valence-electron chi connectivity index (χ2n) is 5.40. The fourth-order valence-corrected chi connectivity index (χ4v) is 3.75. The molecule has 0 amide bonds. The van der Waals surface area contributed by atoms with Crippen LogP contribution in [-0.4, -0.2) is 29.4 Å². The van der Waals surface area contributed by atoms with Gasteiger partial charge in [0.05, 0.1) is 12.7 Å².